The van der Waals surface area contributed by atoms with E-state index in [1.165, 1.54) is 11.1 Å². The Bertz CT molecular complexity index is 508. The highest BCUT2D eigenvalue weighted by atomic mass is 32.2. The minimum absolute atomic E-state index is 0.136. The Morgan fingerprint density at radius 3 is 2.65 bits per heavy atom. The van der Waals surface area contributed by atoms with Crippen LogP contribution < -0.4 is 10.1 Å². The van der Waals surface area contributed by atoms with E-state index in [-0.39, 0.29) is 16.0 Å². The molecule has 0 fully saturated rings. The summed E-state index contributed by atoms with van der Waals surface area (Å²) in [6, 6.07) is 6.34. The largest absolute Gasteiger partial charge is 0.497 e. The van der Waals surface area contributed by atoms with Gasteiger partial charge in [0.2, 0.25) is 0 Å². The lowest BCUT2D eigenvalue weighted by atomic mass is 10.1. The number of benzene rings is 1. The standard InChI is InChI=1S/C16H25NO2S/c1-6-17-15-13-10-12(19-5)8-7-11(13)9-14(15)20(18)16(2,3)4/h7-8,10,14-15,17H,6,9H2,1-5H3. The van der Waals surface area contributed by atoms with Gasteiger partial charge in [0.25, 0.3) is 0 Å². The van der Waals surface area contributed by atoms with Gasteiger partial charge in [-0.05, 0) is 57.0 Å². The molecule has 0 aromatic heterocycles. The van der Waals surface area contributed by atoms with E-state index in [9.17, 15) is 4.21 Å². The number of nitrogens with one attached hydrogen (secondary N) is 1. The molecule has 2 rings (SSSR count). The molecular weight excluding hydrogens is 270 g/mol. The van der Waals surface area contributed by atoms with Crippen molar-refractivity contribution in [3.05, 3.63) is 29.3 Å². The van der Waals surface area contributed by atoms with Crippen LogP contribution in [0.1, 0.15) is 44.9 Å². The maximum Gasteiger partial charge on any atom is 0.119 e. The van der Waals surface area contributed by atoms with Gasteiger partial charge in [0.05, 0.1) is 12.4 Å². The first kappa shape index (κ1) is 15.5. The van der Waals surface area contributed by atoms with Crippen LogP contribution in [-0.4, -0.2) is 27.9 Å². The molecule has 20 heavy (non-hydrogen) atoms. The van der Waals surface area contributed by atoms with Crippen LogP contribution in [0, 0.1) is 0 Å². The third-order valence-electron chi connectivity index (χ3n) is 3.78. The average molecular weight is 295 g/mol. The lowest BCUT2D eigenvalue weighted by molar-refractivity contribution is 0.413. The van der Waals surface area contributed by atoms with Gasteiger partial charge in [-0.15, -0.1) is 0 Å². The van der Waals surface area contributed by atoms with Crippen LogP contribution in [-0.2, 0) is 17.2 Å². The second-order valence-corrected chi connectivity index (χ2v) is 8.68. The number of methoxy groups -OCH3 is 1. The van der Waals surface area contributed by atoms with Crippen LogP contribution in [0.2, 0.25) is 0 Å². The fraction of sp³-hybridized carbons (Fsp3) is 0.625. The van der Waals surface area contributed by atoms with E-state index >= 15 is 0 Å². The van der Waals surface area contributed by atoms with Crippen molar-refractivity contribution in [3.63, 3.8) is 0 Å². The molecule has 3 atom stereocenters. The molecule has 1 aromatic rings. The minimum atomic E-state index is -0.882. The van der Waals surface area contributed by atoms with Crippen molar-refractivity contribution in [2.45, 2.75) is 50.2 Å². The zero-order valence-corrected chi connectivity index (χ0v) is 13.8. The van der Waals surface area contributed by atoms with Crippen molar-refractivity contribution in [1.29, 1.82) is 0 Å². The van der Waals surface area contributed by atoms with Crippen LogP contribution in [0.4, 0.5) is 0 Å². The first-order chi connectivity index (χ1) is 9.38. The lowest BCUT2D eigenvalue weighted by Crippen LogP contribution is -2.38. The molecular formula is C16H25NO2S. The van der Waals surface area contributed by atoms with Crippen molar-refractivity contribution in [1.82, 2.24) is 5.32 Å². The molecule has 0 aliphatic heterocycles. The van der Waals surface area contributed by atoms with Crippen molar-refractivity contribution in [3.8, 4) is 5.75 Å². The Morgan fingerprint density at radius 2 is 2.10 bits per heavy atom. The van der Waals surface area contributed by atoms with Crippen molar-refractivity contribution >= 4 is 10.8 Å². The molecule has 0 bridgehead atoms. The highest BCUT2D eigenvalue weighted by Gasteiger charge is 2.40. The quantitative estimate of drug-likeness (QED) is 0.928. The van der Waals surface area contributed by atoms with E-state index < -0.39 is 10.8 Å². The summed E-state index contributed by atoms with van der Waals surface area (Å²) in [5.41, 5.74) is 2.54. The Labute approximate surface area is 124 Å². The Hall–Kier alpha value is -0.870. The SMILES string of the molecule is CCNC1c2cc(OC)ccc2CC1S(=O)C(C)(C)C. The van der Waals surface area contributed by atoms with Gasteiger partial charge in [-0.1, -0.05) is 13.0 Å². The molecule has 0 saturated carbocycles. The zero-order valence-electron chi connectivity index (χ0n) is 13.0. The number of hydrogen-bond donors (Lipinski definition) is 1. The topological polar surface area (TPSA) is 38.3 Å². The van der Waals surface area contributed by atoms with E-state index in [0.717, 1.165) is 18.7 Å². The van der Waals surface area contributed by atoms with Crippen molar-refractivity contribution in [2.75, 3.05) is 13.7 Å². The molecule has 0 amide bonds. The monoisotopic (exact) mass is 295 g/mol. The second kappa shape index (κ2) is 5.86. The smallest absolute Gasteiger partial charge is 0.119 e. The molecule has 0 heterocycles. The summed E-state index contributed by atoms with van der Waals surface area (Å²) in [5.74, 6) is 0.869. The molecule has 1 aromatic carbocycles. The van der Waals surface area contributed by atoms with E-state index in [0.29, 0.717) is 0 Å². The van der Waals surface area contributed by atoms with E-state index in [2.05, 4.69) is 45.1 Å². The molecule has 4 heteroatoms. The van der Waals surface area contributed by atoms with Crippen LogP contribution in [0.15, 0.2) is 18.2 Å². The Morgan fingerprint density at radius 1 is 1.40 bits per heavy atom. The van der Waals surface area contributed by atoms with Crippen LogP contribution in [0.25, 0.3) is 0 Å². The van der Waals surface area contributed by atoms with Crippen LogP contribution >= 0.6 is 0 Å². The molecule has 1 aliphatic rings. The van der Waals surface area contributed by atoms with Gasteiger partial charge in [0.1, 0.15) is 5.75 Å². The van der Waals surface area contributed by atoms with E-state index in [1.54, 1.807) is 7.11 Å². The van der Waals surface area contributed by atoms with Gasteiger partial charge in [-0.2, -0.15) is 0 Å². The van der Waals surface area contributed by atoms with Gasteiger partial charge in [-0.25, -0.2) is 0 Å². The fourth-order valence-electron chi connectivity index (χ4n) is 2.82. The summed E-state index contributed by atoms with van der Waals surface area (Å²) in [6.45, 7) is 9.12. The maximum atomic E-state index is 12.8. The average Bonchev–Trinajstić information content (AvgIpc) is 2.75. The molecule has 112 valence electrons. The predicted octanol–water partition coefficient (Wildman–Crippen LogP) is 2.82. The van der Waals surface area contributed by atoms with Gasteiger partial charge >= 0.3 is 0 Å². The van der Waals surface area contributed by atoms with Gasteiger partial charge in [0.15, 0.2) is 0 Å². The molecule has 0 saturated heterocycles. The van der Waals surface area contributed by atoms with E-state index in [4.69, 9.17) is 4.74 Å². The predicted molar refractivity (Wildman–Crippen MR) is 84.8 cm³/mol. The Balaban J connectivity index is 2.36. The Kier molecular flexibility index (Phi) is 4.55. The fourth-order valence-corrected chi connectivity index (χ4v) is 4.55. The first-order valence-corrected chi connectivity index (χ1v) is 8.40. The molecule has 0 spiro atoms. The maximum absolute atomic E-state index is 12.8. The summed E-state index contributed by atoms with van der Waals surface area (Å²) in [6.07, 6.45) is 0.876. The summed E-state index contributed by atoms with van der Waals surface area (Å²) in [4.78, 5) is 0. The normalized spacial score (nSPS) is 23.4. The van der Waals surface area contributed by atoms with Crippen LogP contribution in [0.3, 0.4) is 0 Å². The number of fused-ring (bicyclic) bond motifs is 1. The van der Waals surface area contributed by atoms with E-state index in [1.807, 2.05) is 6.07 Å². The summed E-state index contributed by atoms with van der Waals surface area (Å²) in [5, 5.41) is 3.64. The molecule has 3 nitrogen and oxygen atoms in total. The number of rotatable bonds is 4. The van der Waals surface area contributed by atoms with Gasteiger partial charge < -0.3 is 10.1 Å². The highest BCUT2D eigenvalue weighted by Crippen LogP contribution is 2.38. The van der Waals surface area contributed by atoms with Gasteiger partial charge in [0, 0.05) is 21.6 Å². The lowest BCUT2D eigenvalue weighted by Gasteiger charge is -2.28. The first-order valence-electron chi connectivity index (χ1n) is 7.19. The minimum Gasteiger partial charge on any atom is -0.497 e. The van der Waals surface area contributed by atoms with Crippen molar-refractivity contribution in [2.24, 2.45) is 0 Å². The number of ether oxygens (including phenoxy) is 1. The van der Waals surface area contributed by atoms with Gasteiger partial charge in [-0.3, -0.25) is 4.21 Å². The summed E-state index contributed by atoms with van der Waals surface area (Å²) < 4.78 is 18.0. The third-order valence-corrected chi connectivity index (χ3v) is 5.98. The number of hydrogen-bond acceptors (Lipinski definition) is 3. The molecule has 3 unspecified atom stereocenters. The molecule has 1 aliphatic carbocycles. The van der Waals surface area contributed by atoms with Crippen molar-refractivity contribution < 1.29 is 8.95 Å². The van der Waals surface area contributed by atoms with Crippen LogP contribution in [0.5, 0.6) is 5.75 Å². The zero-order chi connectivity index (χ0) is 14.9. The highest BCUT2D eigenvalue weighted by molar-refractivity contribution is 7.87. The summed E-state index contributed by atoms with van der Waals surface area (Å²) >= 11 is 0. The molecule has 1 N–H and O–H groups in total. The second-order valence-electron chi connectivity index (χ2n) is 6.25. The molecule has 0 radical (unpaired) electrons. The summed E-state index contributed by atoms with van der Waals surface area (Å²) in [7, 11) is 0.802. The third kappa shape index (κ3) is 2.91.